The molecule has 1 heterocycles. The van der Waals surface area contributed by atoms with E-state index in [-0.39, 0.29) is 18.3 Å². The predicted molar refractivity (Wildman–Crippen MR) is 85.8 cm³/mol. The first kappa shape index (κ1) is 17.0. The number of nitrogens with one attached hydrogen (secondary N) is 1. The summed E-state index contributed by atoms with van der Waals surface area (Å²) in [7, 11) is 1.92. The molecule has 0 bridgehead atoms. The van der Waals surface area contributed by atoms with Gasteiger partial charge < -0.3 is 10.2 Å². The maximum atomic E-state index is 12.5. The van der Waals surface area contributed by atoms with Crippen LogP contribution in [0.4, 0.5) is 0 Å². The van der Waals surface area contributed by atoms with E-state index in [1.165, 1.54) is 5.56 Å². The van der Waals surface area contributed by atoms with Crippen molar-refractivity contribution in [3.63, 3.8) is 0 Å². The second kappa shape index (κ2) is 7.65. The van der Waals surface area contributed by atoms with Crippen LogP contribution in [0.1, 0.15) is 48.5 Å². The second-order valence-corrected chi connectivity index (χ2v) is 5.70. The summed E-state index contributed by atoms with van der Waals surface area (Å²) in [6.07, 6.45) is 2.24. The van der Waals surface area contributed by atoms with Crippen molar-refractivity contribution in [3.05, 3.63) is 35.4 Å². The van der Waals surface area contributed by atoms with Gasteiger partial charge in [-0.3, -0.25) is 4.79 Å². The summed E-state index contributed by atoms with van der Waals surface area (Å²) in [4.78, 5) is 14.4. The summed E-state index contributed by atoms with van der Waals surface area (Å²) in [6, 6.07) is 8.34. The zero-order valence-corrected chi connectivity index (χ0v) is 13.4. The van der Waals surface area contributed by atoms with Crippen molar-refractivity contribution in [1.82, 2.24) is 10.2 Å². The lowest BCUT2D eigenvalue weighted by Crippen LogP contribution is -2.46. The van der Waals surface area contributed by atoms with Crippen molar-refractivity contribution >= 4 is 18.3 Å². The molecule has 1 N–H and O–H groups in total. The molecule has 1 aliphatic rings. The Hall–Kier alpha value is -1.06. The lowest BCUT2D eigenvalue weighted by molar-refractivity contribution is 0.0708. The first-order valence-electron chi connectivity index (χ1n) is 7.17. The van der Waals surface area contributed by atoms with E-state index in [0.29, 0.717) is 12.0 Å². The molecule has 1 atom stereocenters. The summed E-state index contributed by atoms with van der Waals surface area (Å²) >= 11 is 0. The monoisotopic (exact) mass is 296 g/mol. The quantitative estimate of drug-likeness (QED) is 0.930. The summed E-state index contributed by atoms with van der Waals surface area (Å²) < 4.78 is 0. The van der Waals surface area contributed by atoms with Crippen LogP contribution in [0.25, 0.3) is 0 Å². The van der Waals surface area contributed by atoms with E-state index in [4.69, 9.17) is 0 Å². The number of nitrogens with zero attached hydrogens (tertiary/aromatic N) is 1. The first-order chi connectivity index (χ1) is 9.09. The lowest BCUT2D eigenvalue weighted by atomic mass is 9.99. The average molecular weight is 297 g/mol. The molecule has 0 radical (unpaired) electrons. The third-order valence-corrected chi connectivity index (χ3v) is 3.94. The van der Waals surface area contributed by atoms with E-state index >= 15 is 0 Å². The van der Waals surface area contributed by atoms with Gasteiger partial charge in [0.2, 0.25) is 0 Å². The van der Waals surface area contributed by atoms with Crippen molar-refractivity contribution in [2.75, 3.05) is 20.1 Å². The van der Waals surface area contributed by atoms with Gasteiger partial charge in [-0.05, 0) is 43.0 Å². The van der Waals surface area contributed by atoms with Crippen LogP contribution in [0.15, 0.2) is 24.3 Å². The molecule has 0 unspecified atom stereocenters. The van der Waals surface area contributed by atoms with Gasteiger partial charge in [-0.2, -0.15) is 0 Å². The third kappa shape index (κ3) is 3.97. The summed E-state index contributed by atoms with van der Waals surface area (Å²) in [5, 5.41) is 3.36. The van der Waals surface area contributed by atoms with Crippen molar-refractivity contribution in [1.29, 1.82) is 0 Å². The summed E-state index contributed by atoms with van der Waals surface area (Å²) in [5.74, 6) is 0.589. The van der Waals surface area contributed by atoms with Gasteiger partial charge in [-0.25, -0.2) is 0 Å². The molecule has 1 amide bonds. The highest BCUT2D eigenvalue weighted by Crippen LogP contribution is 2.18. The largest absolute Gasteiger partial charge is 0.337 e. The summed E-state index contributed by atoms with van der Waals surface area (Å²) in [6.45, 7) is 6.28. The predicted octanol–water partition coefficient (Wildman–Crippen LogP) is 3.06. The van der Waals surface area contributed by atoms with Crippen molar-refractivity contribution in [2.45, 2.75) is 38.6 Å². The normalized spacial score (nSPS) is 18.5. The highest BCUT2D eigenvalue weighted by Gasteiger charge is 2.22. The number of carbonyl (C=O) groups is 1. The minimum absolute atomic E-state index is 0. The van der Waals surface area contributed by atoms with Gasteiger partial charge in [0.25, 0.3) is 5.91 Å². The van der Waals surface area contributed by atoms with Crippen LogP contribution in [0, 0.1) is 0 Å². The fourth-order valence-corrected chi connectivity index (χ4v) is 2.56. The molecular weight excluding hydrogens is 272 g/mol. The van der Waals surface area contributed by atoms with Gasteiger partial charge in [0, 0.05) is 25.2 Å². The number of halogens is 1. The third-order valence-electron chi connectivity index (χ3n) is 3.94. The Balaban J connectivity index is 0.00000200. The molecule has 0 saturated carbocycles. The van der Waals surface area contributed by atoms with Crippen LogP contribution >= 0.6 is 12.4 Å². The Morgan fingerprint density at radius 2 is 2.15 bits per heavy atom. The SMILES string of the molecule is CC(C)c1cccc(C(=O)N(C)[C@H]2CCCNC2)c1.Cl. The molecule has 1 aliphatic heterocycles. The summed E-state index contributed by atoms with van der Waals surface area (Å²) in [5.41, 5.74) is 2.03. The molecular formula is C16H25ClN2O. The Bertz CT molecular complexity index is 442. The molecule has 0 aromatic heterocycles. The van der Waals surface area contributed by atoms with Crippen LogP contribution in [0.2, 0.25) is 0 Å². The minimum atomic E-state index is 0. The van der Waals surface area contributed by atoms with Crippen LogP contribution in [-0.4, -0.2) is 37.0 Å². The van der Waals surface area contributed by atoms with E-state index in [9.17, 15) is 4.79 Å². The molecule has 0 spiro atoms. The topological polar surface area (TPSA) is 32.3 Å². The number of benzene rings is 1. The Kier molecular flexibility index (Phi) is 6.50. The molecule has 1 aromatic carbocycles. The van der Waals surface area contributed by atoms with Gasteiger partial charge in [0.1, 0.15) is 0 Å². The van der Waals surface area contributed by atoms with Gasteiger partial charge >= 0.3 is 0 Å². The minimum Gasteiger partial charge on any atom is -0.337 e. The number of carbonyl (C=O) groups excluding carboxylic acids is 1. The second-order valence-electron chi connectivity index (χ2n) is 5.70. The Morgan fingerprint density at radius 3 is 2.75 bits per heavy atom. The van der Waals surface area contributed by atoms with E-state index in [0.717, 1.165) is 31.5 Å². The highest BCUT2D eigenvalue weighted by atomic mass is 35.5. The zero-order chi connectivity index (χ0) is 13.8. The van der Waals surface area contributed by atoms with Crippen LogP contribution in [0.5, 0.6) is 0 Å². The van der Waals surface area contributed by atoms with E-state index in [1.54, 1.807) is 0 Å². The molecule has 3 nitrogen and oxygen atoms in total. The lowest BCUT2D eigenvalue weighted by Gasteiger charge is -2.31. The number of rotatable bonds is 3. The average Bonchev–Trinajstić information content (AvgIpc) is 2.46. The van der Waals surface area contributed by atoms with Crippen LogP contribution in [-0.2, 0) is 0 Å². The molecule has 1 aromatic rings. The first-order valence-corrected chi connectivity index (χ1v) is 7.17. The number of hydrogen-bond donors (Lipinski definition) is 1. The fourth-order valence-electron chi connectivity index (χ4n) is 2.56. The maximum Gasteiger partial charge on any atom is 0.253 e. The van der Waals surface area contributed by atoms with E-state index in [1.807, 2.05) is 30.1 Å². The molecule has 2 rings (SSSR count). The fraction of sp³-hybridized carbons (Fsp3) is 0.562. The standard InChI is InChI=1S/C16H24N2O.ClH/c1-12(2)13-6-4-7-14(10-13)16(19)18(3)15-8-5-9-17-11-15;/h4,6-7,10,12,15,17H,5,8-9,11H2,1-3H3;1H/t15-;/m0./s1. The van der Waals surface area contributed by atoms with Crippen molar-refractivity contribution < 1.29 is 4.79 Å². The Labute approximate surface area is 128 Å². The number of hydrogen-bond acceptors (Lipinski definition) is 2. The molecule has 112 valence electrons. The van der Waals surface area contributed by atoms with E-state index in [2.05, 4.69) is 25.2 Å². The van der Waals surface area contributed by atoms with Crippen LogP contribution in [0.3, 0.4) is 0 Å². The number of amides is 1. The number of piperidine rings is 1. The van der Waals surface area contributed by atoms with Gasteiger partial charge in [-0.15, -0.1) is 12.4 Å². The smallest absolute Gasteiger partial charge is 0.253 e. The number of likely N-dealkylation sites (N-methyl/N-ethyl adjacent to an activating group) is 1. The maximum absolute atomic E-state index is 12.5. The van der Waals surface area contributed by atoms with Crippen LogP contribution < -0.4 is 5.32 Å². The van der Waals surface area contributed by atoms with Gasteiger partial charge in [0.15, 0.2) is 0 Å². The van der Waals surface area contributed by atoms with Crippen molar-refractivity contribution in [3.8, 4) is 0 Å². The Morgan fingerprint density at radius 1 is 1.40 bits per heavy atom. The molecule has 20 heavy (non-hydrogen) atoms. The molecule has 4 heteroatoms. The molecule has 1 saturated heterocycles. The van der Waals surface area contributed by atoms with Gasteiger partial charge in [-0.1, -0.05) is 26.0 Å². The molecule has 0 aliphatic carbocycles. The van der Waals surface area contributed by atoms with E-state index < -0.39 is 0 Å². The molecule has 1 fully saturated rings. The zero-order valence-electron chi connectivity index (χ0n) is 12.6. The highest BCUT2D eigenvalue weighted by molar-refractivity contribution is 5.94. The van der Waals surface area contributed by atoms with Gasteiger partial charge in [0.05, 0.1) is 0 Å². The van der Waals surface area contributed by atoms with Crippen molar-refractivity contribution in [2.24, 2.45) is 0 Å².